The number of aliphatic hydroxyl groups excluding tert-OH is 1. The molecule has 0 radical (unpaired) electrons. The van der Waals surface area contributed by atoms with E-state index in [1.54, 1.807) is 60.9 Å². The van der Waals surface area contributed by atoms with Crippen LogP contribution >= 0.6 is 0 Å². The van der Waals surface area contributed by atoms with Crippen LogP contribution in [0.15, 0.2) is 79.2 Å². The highest BCUT2D eigenvalue weighted by Crippen LogP contribution is 2.43. The molecule has 2 aliphatic heterocycles. The summed E-state index contributed by atoms with van der Waals surface area (Å²) in [6.45, 7) is 8.36. The maximum absolute atomic E-state index is 13.5. The van der Waals surface area contributed by atoms with Crippen LogP contribution < -0.4 is 14.2 Å². The first kappa shape index (κ1) is 26.0. The summed E-state index contributed by atoms with van der Waals surface area (Å²) in [5.74, 6) is 0.0606. The van der Waals surface area contributed by atoms with Crippen molar-refractivity contribution in [1.82, 2.24) is 9.88 Å². The van der Waals surface area contributed by atoms with Crippen LogP contribution in [-0.4, -0.2) is 46.0 Å². The molecule has 2 atom stereocenters. The van der Waals surface area contributed by atoms with E-state index in [2.05, 4.69) is 11.6 Å². The highest BCUT2D eigenvalue weighted by atomic mass is 16.5. The van der Waals surface area contributed by atoms with E-state index < -0.39 is 17.7 Å². The molecule has 1 saturated heterocycles. The summed E-state index contributed by atoms with van der Waals surface area (Å²) in [6, 6.07) is 13.3. The van der Waals surface area contributed by atoms with Crippen LogP contribution in [0.25, 0.3) is 5.76 Å². The third-order valence-electron chi connectivity index (χ3n) is 6.75. The number of hydrogen-bond donors (Lipinski definition) is 1. The van der Waals surface area contributed by atoms with Crippen LogP contribution in [0.1, 0.15) is 42.1 Å². The molecule has 3 aromatic rings. The van der Waals surface area contributed by atoms with Crippen molar-refractivity contribution >= 4 is 17.4 Å². The van der Waals surface area contributed by atoms with E-state index in [1.807, 2.05) is 19.9 Å². The molecule has 8 heteroatoms. The Morgan fingerprint density at radius 3 is 2.67 bits per heavy atom. The summed E-state index contributed by atoms with van der Waals surface area (Å²) in [7, 11) is 0. The predicted octanol–water partition coefficient (Wildman–Crippen LogP) is 4.99. The fourth-order valence-electron chi connectivity index (χ4n) is 5.03. The van der Waals surface area contributed by atoms with Crippen molar-refractivity contribution in [3.63, 3.8) is 0 Å². The summed E-state index contributed by atoms with van der Waals surface area (Å²) in [6.07, 6.45) is 5.62. The minimum atomic E-state index is -0.853. The molecule has 1 fully saturated rings. The van der Waals surface area contributed by atoms with Gasteiger partial charge in [-0.3, -0.25) is 14.6 Å². The number of carbonyl (C=O) groups is 2. The van der Waals surface area contributed by atoms with Crippen molar-refractivity contribution in [3.05, 3.63) is 101 Å². The zero-order valence-corrected chi connectivity index (χ0v) is 21.9. The average Bonchev–Trinajstić information content (AvgIpc) is 3.43. The fourth-order valence-corrected chi connectivity index (χ4v) is 5.03. The molecule has 200 valence electrons. The first-order chi connectivity index (χ1) is 18.9. The van der Waals surface area contributed by atoms with E-state index in [0.29, 0.717) is 42.3 Å². The number of amides is 1. The zero-order chi connectivity index (χ0) is 27.5. The molecule has 2 aromatic carbocycles. The lowest BCUT2D eigenvalue weighted by molar-refractivity contribution is -0.140. The van der Waals surface area contributed by atoms with Gasteiger partial charge in [-0.1, -0.05) is 18.7 Å². The number of fused-ring (bicyclic) bond motifs is 1. The van der Waals surface area contributed by atoms with Crippen molar-refractivity contribution in [1.29, 1.82) is 0 Å². The molecule has 3 heterocycles. The molecule has 1 aromatic heterocycles. The molecule has 0 aliphatic carbocycles. The van der Waals surface area contributed by atoms with Gasteiger partial charge in [-0.15, -0.1) is 0 Å². The van der Waals surface area contributed by atoms with Crippen LogP contribution in [0.4, 0.5) is 0 Å². The maximum atomic E-state index is 13.5. The van der Waals surface area contributed by atoms with Crippen LogP contribution in [0, 0.1) is 0 Å². The third kappa shape index (κ3) is 5.10. The van der Waals surface area contributed by atoms with Gasteiger partial charge in [0.05, 0.1) is 18.2 Å². The van der Waals surface area contributed by atoms with Gasteiger partial charge in [-0.05, 0) is 73.0 Å². The number of pyridine rings is 1. The van der Waals surface area contributed by atoms with Crippen LogP contribution in [0.3, 0.4) is 0 Å². The van der Waals surface area contributed by atoms with Gasteiger partial charge in [0.15, 0.2) is 11.5 Å². The number of likely N-dealkylation sites (tertiary alicyclic amines) is 1. The van der Waals surface area contributed by atoms with Gasteiger partial charge >= 0.3 is 0 Å². The van der Waals surface area contributed by atoms with Gasteiger partial charge in [-0.25, -0.2) is 0 Å². The summed E-state index contributed by atoms with van der Waals surface area (Å²) in [5, 5.41) is 11.5. The molecule has 0 bridgehead atoms. The molecular formula is C31H30N2O6. The van der Waals surface area contributed by atoms with E-state index in [4.69, 9.17) is 14.2 Å². The standard InChI is InChI=1S/C31H30N2O6/c1-4-14-38-25-9-6-21(17-26(25)37-5-2)28-27(29(34)22-7-8-24-23(16-22)15-19(3)39-24)30(35)31(36)33(28)18-20-10-12-32-13-11-20/h4,6-13,16-17,19,28,34H,1,5,14-15,18H2,2-3H3/b29-27+/t19-,28-/m1/s1. The summed E-state index contributed by atoms with van der Waals surface area (Å²) < 4.78 is 17.4. The SMILES string of the molecule is C=CCOc1ccc([C@@H]2/C(=C(\O)c3ccc4c(c3)C[C@@H](C)O4)C(=O)C(=O)N2Cc2ccncc2)cc1OCC. The number of aliphatic hydroxyl groups is 1. The molecule has 5 rings (SSSR count). The normalized spacial score (nSPS) is 19.5. The van der Waals surface area contributed by atoms with Gasteiger partial charge in [0.2, 0.25) is 0 Å². The topological polar surface area (TPSA) is 98.2 Å². The second-order valence-electron chi connectivity index (χ2n) is 9.48. The maximum Gasteiger partial charge on any atom is 0.295 e. The van der Waals surface area contributed by atoms with E-state index in [0.717, 1.165) is 16.9 Å². The van der Waals surface area contributed by atoms with Crippen molar-refractivity contribution in [2.75, 3.05) is 13.2 Å². The molecule has 0 spiro atoms. The lowest BCUT2D eigenvalue weighted by Gasteiger charge is -2.26. The Morgan fingerprint density at radius 2 is 1.92 bits per heavy atom. The molecule has 0 saturated carbocycles. The lowest BCUT2D eigenvalue weighted by Crippen LogP contribution is -2.29. The summed E-state index contributed by atoms with van der Waals surface area (Å²) >= 11 is 0. The lowest BCUT2D eigenvalue weighted by atomic mass is 9.94. The van der Waals surface area contributed by atoms with E-state index in [9.17, 15) is 14.7 Å². The second kappa shape index (κ2) is 11.0. The zero-order valence-electron chi connectivity index (χ0n) is 21.9. The number of ketones is 1. The first-order valence-corrected chi connectivity index (χ1v) is 12.9. The van der Waals surface area contributed by atoms with Crippen LogP contribution in [-0.2, 0) is 22.6 Å². The summed E-state index contributed by atoms with van der Waals surface area (Å²) in [5.41, 5.74) is 2.82. The molecule has 2 aliphatic rings. The number of aromatic nitrogens is 1. The Bertz CT molecular complexity index is 1450. The van der Waals surface area contributed by atoms with E-state index >= 15 is 0 Å². The van der Waals surface area contributed by atoms with Crippen molar-refractivity contribution in [3.8, 4) is 17.2 Å². The molecule has 0 unspecified atom stereocenters. The second-order valence-corrected chi connectivity index (χ2v) is 9.48. The van der Waals surface area contributed by atoms with Gasteiger partial charge in [0, 0.05) is 30.9 Å². The third-order valence-corrected chi connectivity index (χ3v) is 6.75. The quantitative estimate of drug-likeness (QED) is 0.182. The number of rotatable bonds is 9. The van der Waals surface area contributed by atoms with Crippen molar-refractivity contribution in [2.45, 2.75) is 39.0 Å². The van der Waals surface area contributed by atoms with E-state index in [1.165, 1.54) is 4.90 Å². The number of nitrogens with zero attached hydrogens (tertiary/aromatic N) is 2. The first-order valence-electron chi connectivity index (χ1n) is 12.9. The number of hydrogen-bond acceptors (Lipinski definition) is 7. The summed E-state index contributed by atoms with van der Waals surface area (Å²) in [4.78, 5) is 32.4. The Hall–Kier alpha value is -4.59. The average molecular weight is 527 g/mol. The van der Waals surface area contributed by atoms with Gasteiger partial charge < -0.3 is 24.2 Å². The Morgan fingerprint density at radius 1 is 1.13 bits per heavy atom. The molecule has 8 nitrogen and oxygen atoms in total. The molecular weight excluding hydrogens is 496 g/mol. The molecule has 1 N–H and O–H groups in total. The van der Waals surface area contributed by atoms with E-state index in [-0.39, 0.29) is 24.0 Å². The highest BCUT2D eigenvalue weighted by molar-refractivity contribution is 6.46. The minimum Gasteiger partial charge on any atom is -0.507 e. The number of carbonyl (C=O) groups excluding carboxylic acids is 2. The monoisotopic (exact) mass is 526 g/mol. The Balaban J connectivity index is 1.64. The highest BCUT2D eigenvalue weighted by Gasteiger charge is 2.46. The number of Topliss-reactive ketones (excluding diaryl/α,β-unsaturated/α-hetero) is 1. The fraction of sp³-hybridized carbons (Fsp3) is 0.258. The number of benzene rings is 2. The van der Waals surface area contributed by atoms with Crippen molar-refractivity contribution < 1.29 is 28.9 Å². The molecule has 1 amide bonds. The largest absolute Gasteiger partial charge is 0.507 e. The van der Waals surface area contributed by atoms with Gasteiger partial charge in [0.25, 0.3) is 11.7 Å². The van der Waals surface area contributed by atoms with Crippen LogP contribution in [0.2, 0.25) is 0 Å². The van der Waals surface area contributed by atoms with Crippen LogP contribution in [0.5, 0.6) is 17.2 Å². The minimum absolute atomic E-state index is 0.0168. The predicted molar refractivity (Wildman–Crippen MR) is 146 cm³/mol. The smallest absolute Gasteiger partial charge is 0.295 e. The van der Waals surface area contributed by atoms with Crippen molar-refractivity contribution in [2.24, 2.45) is 0 Å². The Labute approximate surface area is 227 Å². The van der Waals surface area contributed by atoms with Gasteiger partial charge in [-0.2, -0.15) is 0 Å². The number of ether oxygens (including phenoxy) is 3. The Kier molecular flexibility index (Phi) is 7.36. The van der Waals surface area contributed by atoms with Gasteiger partial charge in [0.1, 0.15) is 24.2 Å². The molecule has 39 heavy (non-hydrogen) atoms.